The maximum Gasteiger partial charge on any atom is 0.0615 e. The van der Waals surface area contributed by atoms with Gasteiger partial charge in [-0.3, -0.25) is 4.90 Å². The molecule has 1 saturated heterocycles. The van der Waals surface area contributed by atoms with Crippen molar-refractivity contribution in [3.63, 3.8) is 0 Å². The number of ether oxygens (including phenoxy) is 3. The fourth-order valence-electron chi connectivity index (χ4n) is 3.06. The van der Waals surface area contributed by atoms with Gasteiger partial charge in [-0.25, -0.2) is 0 Å². The average Bonchev–Trinajstić information content (AvgIpc) is 2.50. The molecule has 2 atom stereocenters. The zero-order valence-corrected chi connectivity index (χ0v) is 14.3. The third-order valence-electron chi connectivity index (χ3n) is 4.31. The van der Waals surface area contributed by atoms with Crippen LogP contribution in [0.5, 0.6) is 0 Å². The Morgan fingerprint density at radius 3 is 2.71 bits per heavy atom. The van der Waals surface area contributed by atoms with Crippen LogP contribution in [0.2, 0.25) is 0 Å². The minimum atomic E-state index is 0.212. The van der Waals surface area contributed by atoms with Crippen molar-refractivity contribution in [1.29, 1.82) is 0 Å². The lowest BCUT2D eigenvalue weighted by molar-refractivity contribution is -0.0407. The van der Waals surface area contributed by atoms with E-state index in [2.05, 4.69) is 24.1 Å². The molecule has 0 aromatic rings. The molecular weight excluding hydrogens is 268 g/mol. The van der Waals surface area contributed by atoms with Crippen molar-refractivity contribution in [2.24, 2.45) is 5.41 Å². The van der Waals surface area contributed by atoms with Crippen molar-refractivity contribution in [1.82, 2.24) is 10.2 Å². The molecular formula is C16H34N2O3. The summed E-state index contributed by atoms with van der Waals surface area (Å²) in [4.78, 5) is 2.49. The Morgan fingerprint density at radius 2 is 2.14 bits per heavy atom. The van der Waals surface area contributed by atoms with Crippen molar-refractivity contribution < 1.29 is 14.2 Å². The molecule has 126 valence electrons. The van der Waals surface area contributed by atoms with Gasteiger partial charge in [-0.05, 0) is 26.3 Å². The summed E-state index contributed by atoms with van der Waals surface area (Å²) in [5.41, 5.74) is 0.212. The Labute approximate surface area is 130 Å². The molecule has 21 heavy (non-hydrogen) atoms. The Bertz CT molecular complexity index is 258. The highest BCUT2D eigenvalue weighted by Gasteiger charge is 2.35. The second kappa shape index (κ2) is 10.5. The van der Waals surface area contributed by atoms with Crippen LogP contribution in [0.25, 0.3) is 0 Å². The fraction of sp³-hybridized carbons (Fsp3) is 1.00. The fourth-order valence-corrected chi connectivity index (χ4v) is 3.06. The van der Waals surface area contributed by atoms with E-state index in [0.717, 1.165) is 59.0 Å². The molecule has 1 N–H and O–H groups in total. The minimum absolute atomic E-state index is 0.212. The topological polar surface area (TPSA) is 43.0 Å². The van der Waals surface area contributed by atoms with Crippen LogP contribution in [-0.4, -0.2) is 77.8 Å². The van der Waals surface area contributed by atoms with Crippen LogP contribution in [-0.2, 0) is 14.2 Å². The van der Waals surface area contributed by atoms with E-state index in [4.69, 9.17) is 14.2 Å². The minimum Gasteiger partial charge on any atom is -0.383 e. The highest BCUT2D eigenvalue weighted by molar-refractivity contribution is 4.88. The molecule has 0 aromatic carbocycles. The third-order valence-corrected chi connectivity index (χ3v) is 4.31. The lowest BCUT2D eigenvalue weighted by Crippen LogP contribution is -2.52. The van der Waals surface area contributed by atoms with Crippen LogP contribution >= 0.6 is 0 Å². The molecule has 0 bridgehead atoms. The lowest BCUT2D eigenvalue weighted by atomic mass is 9.81. The maximum atomic E-state index is 5.80. The third kappa shape index (κ3) is 6.61. The van der Waals surface area contributed by atoms with Crippen LogP contribution in [0.1, 0.15) is 26.7 Å². The molecule has 1 aliphatic rings. The zero-order chi connectivity index (χ0) is 15.6. The summed E-state index contributed by atoms with van der Waals surface area (Å²) in [5.74, 6) is 0. The maximum absolute atomic E-state index is 5.80. The molecule has 0 amide bonds. The quantitative estimate of drug-likeness (QED) is 0.624. The van der Waals surface area contributed by atoms with Gasteiger partial charge in [0.15, 0.2) is 0 Å². The van der Waals surface area contributed by atoms with Gasteiger partial charge in [-0.15, -0.1) is 0 Å². The molecule has 1 fully saturated rings. The summed E-state index contributed by atoms with van der Waals surface area (Å²) in [5, 5.41) is 3.52. The smallest absolute Gasteiger partial charge is 0.0615 e. The molecule has 0 saturated carbocycles. The van der Waals surface area contributed by atoms with Gasteiger partial charge >= 0.3 is 0 Å². The Balaban J connectivity index is 2.68. The second-order valence-corrected chi connectivity index (χ2v) is 6.20. The van der Waals surface area contributed by atoms with Crippen LogP contribution in [0.3, 0.4) is 0 Å². The SMILES string of the molecule is CCNCC1(CN(CCOC)C(C)COC)CCCOC1. The Kier molecular flexibility index (Phi) is 9.44. The standard InChI is InChI=1S/C16H34N2O3/c1-5-17-12-16(7-6-9-21-14-16)13-18(8-10-19-3)15(2)11-20-4/h15,17H,5-14H2,1-4H3. The molecule has 0 aromatic heterocycles. The summed E-state index contributed by atoms with van der Waals surface area (Å²) in [6.45, 7) is 11.6. The van der Waals surface area contributed by atoms with E-state index in [-0.39, 0.29) is 5.41 Å². The molecule has 0 radical (unpaired) electrons. The van der Waals surface area contributed by atoms with E-state index in [9.17, 15) is 0 Å². The van der Waals surface area contributed by atoms with Crippen molar-refractivity contribution in [3.8, 4) is 0 Å². The highest BCUT2D eigenvalue weighted by atomic mass is 16.5. The Hall–Kier alpha value is -0.200. The molecule has 5 heteroatoms. The first kappa shape index (κ1) is 18.8. The van der Waals surface area contributed by atoms with Gasteiger partial charge in [0.1, 0.15) is 0 Å². The van der Waals surface area contributed by atoms with Crippen molar-refractivity contribution in [2.45, 2.75) is 32.7 Å². The molecule has 2 unspecified atom stereocenters. The van der Waals surface area contributed by atoms with Gasteiger partial charge in [0, 0.05) is 51.9 Å². The molecule has 0 aliphatic carbocycles. The number of hydrogen-bond donors (Lipinski definition) is 1. The van der Waals surface area contributed by atoms with E-state index < -0.39 is 0 Å². The summed E-state index contributed by atoms with van der Waals surface area (Å²) >= 11 is 0. The van der Waals surface area contributed by atoms with Crippen molar-refractivity contribution in [3.05, 3.63) is 0 Å². The van der Waals surface area contributed by atoms with Crippen LogP contribution in [0.4, 0.5) is 0 Å². The van der Waals surface area contributed by atoms with Crippen molar-refractivity contribution in [2.75, 3.05) is 66.8 Å². The van der Waals surface area contributed by atoms with Crippen LogP contribution < -0.4 is 5.32 Å². The van der Waals surface area contributed by atoms with E-state index in [1.807, 2.05) is 0 Å². The molecule has 1 heterocycles. The molecule has 1 aliphatic heterocycles. The second-order valence-electron chi connectivity index (χ2n) is 6.20. The first-order valence-corrected chi connectivity index (χ1v) is 8.18. The number of methoxy groups -OCH3 is 2. The van der Waals surface area contributed by atoms with E-state index in [0.29, 0.717) is 6.04 Å². The van der Waals surface area contributed by atoms with Gasteiger partial charge in [-0.2, -0.15) is 0 Å². The Morgan fingerprint density at radius 1 is 1.33 bits per heavy atom. The highest BCUT2D eigenvalue weighted by Crippen LogP contribution is 2.29. The number of hydrogen-bond acceptors (Lipinski definition) is 5. The summed E-state index contributed by atoms with van der Waals surface area (Å²) in [7, 11) is 3.53. The van der Waals surface area contributed by atoms with E-state index >= 15 is 0 Å². The van der Waals surface area contributed by atoms with E-state index in [1.165, 1.54) is 6.42 Å². The van der Waals surface area contributed by atoms with Crippen LogP contribution in [0, 0.1) is 5.41 Å². The van der Waals surface area contributed by atoms with Gasteiger partial charge < -0.3 is 19.5 Å². The number of nitrogens with one attached hydrogen (secondary N) is 1. The molecule has 5 nitrogen and oxygen atoms in total. The first-order valence-electron chi connectivity index (χ1n) is 8.18. The normalized spacial score (nSPS) is 24.4. The van der Waals surface area contributed by atoms with E-state index in [1.54, 1.807) is 14.2 Å². The zero-order valence-electron chi connectivity index (χ0n) is 14.3. The van der Waals surface area contributed by atoms with Crippen LogP contribution in [0.15, 0.2) is 0 Å². The predicted molar refractivity (Wildman–Crippen MR) is 85.8 cm³/mol. The number of nitrogens with zero attached hydrogens (tertiary/aromatic N) is 1. The number of rotatable bonds is 11. The average molecular weight is 302 g/mol. The van der Waals surface area contributed by atoms with Gasteiger partial charge in [0.2, 0.25) is 0 Å². The molecule has 1 rings (SSSR count). The predicted octanol–water partition coefficient (Wildman–Crippen LogP) is 1.38. The largest absolute Gasteiger partial charge is 0.383 e. The summed E-state index contributed by atoms with van der Waals surface area (Å²) in [6.07, 6.45) is 2.38. The first-order chi connectivity index (χ1) is 10.2. The van der Waals surface area contributed by atoms with Gasteiger partial charge in [0.25, 0.3) is 0 Å². The lowest BCUT2D eigenvalue weighted by Gasteiger charge is -2.42. The summed E-state index contributed by atoms with van der Waals surface area (Å²) in [6, 6.07) is 0.394. The van der Waals surface area contributed by atoms with Crippen molar-refractivity contribution >= 4 is 0 Å². The monoisotopic (exact) mass is 302 g/mol. The van der Waals surface area contributed by atoms with Gasteiger partial charge in [0.05, 0.1) is 19.8 Å². The van der Waals surface area contributed by atoms with Gasteiger partial charge in [-0.1, -0.05) is 6.92 Å². The summed E-state index contributed by atoms with van der Waals surface area (Å²) < 4.78 is 16.4. The molecule has 0 spiro atoms.